The number of hydrogen-bond donors (Lipinski definition) is 1. The summed E-state index contributed by atoms with van der Waals surface area (Å²) in [6, 6.07) is 15.1. The van der Waals surface area contributed by atoms with Crippen molar-refractivity contribution in [2.24, 2.45) is 0 Å². The quantitative estimate of drug-likeness (QED) is 0.141. The molecular formula is C32H38N2O4. The Labute approximate surface area is 225 Å². The first kappa shape index (κ1) is 28.5. The minimum absolute atomic E-state index is 0.178. The summed E-state index contributed by atoms with van der Waals surface area (Å²) in [5.74, 6) is 0.324. The molecule has 3 rings (SSSR count). The Morgan fingerprint density at radius 3 is 2.47 bits per heavy atom. The number of aromatic nitrogens is 1. The zero-order valence-corrected chi connectivity index (χ0v) is 22.7. The fraction of sp³-hybridized carbons (Fsp3) is 0.312. The smallest absolute Gasteiger partial charge is 0.297 e. The zero-order valence-electron chi connectivity index (χ0n) is 22.7. The number of carbonyl (C=O) groups is 1. The lowest BCUT2D eigenvalue weighted by atomic mass is 10.1. The first-order valence-corrected chi connectivity index (χ1v) is 13.2. The number of unbranched alkanes of at least 4 members (excludes halogenated alkanes) is 3. The number of anilines is 1. The summed E-state index contributed by atoms with van der Waals surface area (Å²) in [5, 5.41) is 3.67. The number of benzene rings is 2. The average Bonchev–Trinajstić information content (AvgIpc) is 2.91. The largest absolute Gasteiger partial charge is 0.485 e. The van der Waals surface area contributed by atoms with Crippen molar-refractivity contribution in [1.29, 1.82) is 0 Å². The van der Waals surface area contributed by atoms with Crippen LogP contribution in [-0.2, 0) is 11.3 Å². The van der Waals surface area contributed by atoms with E-state index >= 15 is 0 Å². The lowest BCUT2D eigenvalue weighted by Gasteiger charge is -2.19. The number of fused-ring (bicyclic) bond motifs is 1. The molecule has 0 spiro atoms. The van der Waals surface area contributed by atoms with Gasteiger partial charge in [0.25, 0.3) is 5.56 Å². The molecule has 1 N–H and O–H groups in total. The predicted molar refractivity (Wildman–Crippen MR) is 157 cm³/mol. The highest BCUT2D eigenvalue weighted by atomic mass is 16.5. The van der Waals surface area contributed by atoms with Crippen LogP contribution >= 0.6 is 0 Å². The maximum Gasteiger partial charge on any atom is 0.297 e. The highest BCUT2D eigenvalue weighted by Gasteiger charge is 2.20. The third kappa shape index (κ3) is 7.97. The van der Waals surface area contributed by atoms with E-state index in [1.54, 1.807) is 16.7 Å². The van der Waals surface area contributed by atoms with Crippen molar-refractivity contribution in [3.05, 3.63) is 94.8 Å². The van der Waals surface area contributed by atoms with Crippen LogP contribution in [0.1, 0.15) is 52.0 Å². The fourth-order valence-corrected chi connectivity index (χ4v) is 4.02. The molecule has 1 heterocycles. The summed E-state index contributed by atoms with van der Waals surface area (Å²) in [7, 11) is 0. The Kier molecular flexibility index (Phi) is 11.0. The summed E-state index contributed by atoms with van der Waals surface area (Å²) in [6.45, 7) is 10.9. The second kappa shape index (κ2) is 14.6. The highest BCUT2D eigenvalue weighted by Crippen LogP contribution is 2.34. The number of aryl methyl sites for hydroxylation is 1. The van der Waals surface area contributed by atoms with Gasteiger partial charge in [-0.2, -0.15) is 0 Å². The van der Waals surface area contributed by atoms with Crippen molar-refractivity contribution < 1.29 is 14.3 Å². The Hall–Kier alpha value is -4.06. The van der Waals surface area contributed by atoms with Gasteiger partial charge in [-0.3, -0.25) is 9.59 Å². The Morgan fingerprint density at radius 1 is 1.00 bits per heavy atom. The molecule has 0 aliphatic carbocycles. The molecule has 0 aliphatic heterocycles. The highest BCUT2D eigenvalue weighted by molar-refractivity contribution is 6.03. The SMILES string of the molecule is C=CCOc1c(OCC=C(C)C)c2ccc(NC(=O)/C=C/c3ccccc3)cc2n(CCCCCC)c1=O. The minimum Gasteiger partial charge on any atom is -0.485 e. The van der Waals surface area contributed by atoms with Crippen molar-refractivity contribution >= 4 is 28.6 Å². The molecule has 0 unspecified atom stereocenters. The van der Waals surface area contributed by atoms with Crippen molar-refractivity contribution in [2.75, 3.05) is 18.5 Å². The van der Waals surface area contributed by atoms with Crippen LogP contribution in [0.4, 0.5) is 5.69 Å². The van der Waals surface area contributed by atoms with Gasteiger partial charge in [-0.25, -0.2) is 0 Å². The standard InChI is InChI=1S/C32H38N2O4/c1-5-7-8-12-20-34-28-23-26(33-29(35)18-15-25-13-10-9-11-14-25)16-17-27(28)30(38-22-19-24(3)4)31(32(34)36)37-21-6-2/h6,9-11,13-19,23H,2,5,7-8,12,20-22H2,1,3-4H3,(H,33,35)/b18-15+. The van der Waals surface area contributed by atoms with Gasteiger partial charge in [-0.1, -0.05) is 74.7 Å². The normalized spacial score (nSPS) is 10.9. The van der Waals surface area contributed by atoms with Crippen LogP contribution in [0, 0.1) is 0 Å². The number of nitrogens with one attached hydrogen (secondary N) is 1. The van der Waals surface area contributed by atoms with Gasteiger partial charge < -0.3 is 19.4 Å². The number of nitrogens with zero attached hydrogens (tertiary/aromatic N) is 1. The van der Waals surface area contributed by atoms with Gasteiger partial charge >= 0.3 is 0 Å². The number of ether oxygens (including phenoxy) is 2. The van der Waals surface area contributed by atoms with E-state index in [9.17, 15) is 9.59 Å². The van der Waals surface area contributed by atoms with Crippen molar-refractivity contribution in [1.82, 2.24) is 4.57 Å². The maximum atomic E-state index is 13.7. The van der Waals surface area contributed by atoms with Crippen molar-refractivity contribution in [3.63, 3.8) is 0 Å². The average molecular weight is 515 g/mol. The Bertz CT molecular complexity index is 1350. The van der Waals surface area contributed by atoms with Crippen LogP contribution in [0.15, 0.2) is 83.7 Å². The first-order valence-electron chi connectivity index (χ1n) is 13.2. The molecule has 1 aromatic heterocycles. The van der Waals surface area contributed by atoms with E-state index in [0.717, 1.165) is 42.2 Å². The summed E-state index contributed by atoms with van der Waals surface area (Å²) in [4.78, 5) is 26.3. The lowest BCUT2D eigenvalue weighted by Crippen LogP contribution is -2.24. The molecule has 0 saturated carbocycles. The van der Waals surface area contributed by atoms with Gasteiger partial charge in [-0.05, 0) is 56.2 Å². The number of pyridine rings is 1. The third-order valence-electron chi connectivity index (χ3n) is 5.97. The molecule has 3 aromatic rings. The first-order chi connectivity index (χ1) is 18.4. The van der Waals surface area contributed by atoms with E-state index in [2.05, 4.69) is 18.8 Å². The number of rotatable bonds is 14. The van der Waals surface area contributed by atoms with E-state index in [1.165, 1.54) is 6.08 Å². The van der Waals surface area contributed by atoms with Gasteiger partial charge in [0.05, 0.1) is 5.52 Å². The van der Waals surface area contributed by atoms with Crippen LogP contribution < -0.4 is 20.3 Å². The maximum absolute atomic E-state index is 13.7. The molecule has 0 atom stereocenters. The topological polar surface area (TPSA) is 69.6 Å². The molecule has 2 aromatic carbocycles. The molecule has 0 radical (unpaired) electrons. The monoisotopic (exact) mass is 514 g/mol. The van der Waals surface area contributed by atoms with Gasteiger partial charge in [0, 0.05) is 23.7 Å². The van der Waals surface area contributed by atoms with Crippen LogP contribution in [-0.4, -0.2) is 23.7 Å². The lowest BCUT2D eigenvalue weighted by molar-refractivity contribution is -0.111. The van der Waals surface area contributed by atoms with E-state index < -0.39 is 0 Å². The molecular weight excluding hydrogens is 476 g/mol. The van der Waals surface area contributed by atoms with E-state index in [-0.39, 0.29) is 23.8 Å². The molecule has 6 heteroatoms. The summed E-state index contributed by atoms with van der Waals surface area (Å²) in [6.07, 6.45) is 10.9. The van der Waals surface area contributed by atoms with Crippen molar-refractivity contribution in [2.45, 2.75) is 53.0 Å². The Morgan fingerprint density at radius 2 is 1.76 bits per heavy atom. The van der Waals surface area contributed by atoms with Gasteiger partial charge in [0.2, 0.25) is 11.7 Å². The number of allylic oxidation sites excluding steroid dienone is 1. The van der Waals surface area contributed by atoms with E-state index in [0.29, 0.717) is 30.1 Å². The molecule has 0 fully saturated rings. The van der Waals surface area contributed by atoms with Gasteiger partial charge in [0.15, 0.2) is 5.75 Å². The van der Waals surface area contributed by atoms with E-state index in [1.807, 2.05) is 68.5 Å². The van der Waals surface area contributed by atoms with Crippen molar-refractivity contribution in [3.8, 4) is 11.5 Å². The molecule has 6 nitrogen and oxygen atoms in total. The number of hydrogen-bond acceptors (Lipinski definition) is 4. The molecule has 200 valence electrons. The second-order valence-electron chi connectivity index (χ2n) is 9.33. The van der Waals surface area contributed by atoms with Crippen LogP contribution in [0.25, 0.3) is 17.0 Å². The molecule has 1 amide bonds. The third-order valence-corrected chi connectivity index (χ3v) is 5.97. The molecule has 0 saturated heterocycles. The van der Waals surface area contributed by atoms with E-state index in [4.69, 9.17) is 9.47 Å². The molecule has 0 aliphatic rings. The second-order valence-corrected chi connectivity index (χ2v) is 9.33. The predicted octanol–water partition coefficient (Wildman–Crippen LogP) is 7.14. The van der Waals surface area contributed by atoms with Crippen LogP contribution in [0.5, 0.6) is 11.5 Å². The summed E-state index contributed by atoms with van der Waals surface area (Å²) >= 11 is 0. The zero-order chi connectivity index (χ0) is 27.3. The van der Waals surface area contributed by atoms with Crippen LogP contribution in [0.2, 0.25) is 0 Å². The Balaban J connectivity index is 2.03. The van der Waals surface area contributed by atoms with Gasteiger partial charge in [0.1, 0.15) is 13.2 Å². The number of amides is 1. The number of carbonyl (C=O) groups excluding carboxylic acids is 1. The summed E-state index contributed by atoms with van der Waals surface area (Å²) in [5.41, 5.74) is 3.08. The van der Waals surface area contributed by atoms with Gasteiger partial charge in [-0.15, -0.1) is 0 Å². The molecule has 38 heavy (non-hydrogen) atoms. The molecule has 0 bridgehead atoms. The fourth-order valence-electron chi connectivity index (χ4n) is 4.02. The minimum atomic E-state index is -0.254. The van der Waals surface area contributed by atoms with Crippen LogP contribution in [0.3, 0.4) is 0 Å². The summed E-state index contributed by atoms with van der Waals surface area (Å²) < 4.78 is 13.7.